The number of hydrogen-bond acceptors (Lipinski definition) is 6. The summed E-state index contributed by atoms with van der Waals surface area (Å²) < 4.78 is 32.7. The molecule has 1 aromatic carbocycles. The predicted molar refractivity (Wildman–Crippen MR) is 87.9 cm³/mol. The second-order valence-electron chi connectivity index (χ2n) is 5.80. The van der Waals surface area contributed by atoms with Crippen LogP contribution in [0.15, 0.2) is 24.3 Å². The van der Waals surface area contributed by atoms with Gasteiger partial charge in [0.1, 0.15) is 11.5 Å². The van der Waals surface area contributed by atoms with E-state index in [1.807, 2.05) is 18.2 Å². The molecule has 1 saturated heterocycles. The smallest absolute Gasteiger partial charge is 0.188 e. The van der Waals surface area contributed by atoms with E-state index in [0.29, 0.717) is 19.0 Å². The first-order valence-electron chi connectivity index (χ1n) is 8.11. The van der Waals surface area contributed by atoms with Crippen molar-refractivity contribution in [1.29, 1.82) is 0 Å². The van der Waals surface area contributed by atoms with Crippen molar-refractivity contribution in [3.8, 4) is 11.5 Å². The predicted octanol–water partition coefficient (Wildman–Crippen LogP) is 2.96. The van der Waals surface area contributed by atoms with Gasteiger partial charge in [-0.05, 0) is 24.1 Å². The van der Waals surface area contributed by atoms with Crippen molar-refractivity contribution < 1.29 is 28.4 Å². The minimum atomic E-state index is -0.418. The molecule has 0 atom stereocenters. The maximum absolute atomic E-state index is 5.77. The Morgan fingerprint density at radius 1 is 1.04 bits per heavy atom. The standard InChI is InChI=1S/C18H24O6/c1-19-12-21-15-3-4-16(17(11-15)22-13-20-2)14-5-7-18(8-6-14)23-9-10-24-18/h3-5,11H,6-10,12-13H2,1-2H3. The monoisotopic (exact) mass is 336 g/mol. The van der Waals surface area contributed by atoms with Crippen molar-refractivity contribution in [3.63, 3.8) is 0 Å². The molecule has 3 rings (SSSR count). The normalized spacial score (nSPS) is 19.3. The summed E-state index contributed by atoms with van der Waals surface area (Å²) in [6.07, 6.45) is 4.67. The van der Waals surface area contributed by atoms with E-state index in [2.05, 4.69) is 6.08 Å². The third-order valence-corrected chi connectivity index (χ3v) is 4.22. The molecular formula is C18H24O6. The van der Waals surface area contributed by atoms with E-state index in [0.717, 1.165) is 30.6 Å². The van der Waals surface area contributed by atoms with Crippen molar-refractivity contribution in [2.45, 2.75) is 25.0 Å². The number of ether oxygens (including phenoxy) is 6. The Balaban J connectivity index is 1.79. The van der Waals surface area contributed by atoms with Gasteiger partial charge >= 0.3 is 0 Å². The molecule has 132 valence electrons. The van der Waals surface area contributed by atoms with E-state index in [4.69, 9.17) is 28.4 Å². The van der Waals surface area contributed by atoms with Crippen LogP contribution >= 0.6 is 0 Å². The van der Waals surface area contributed by atoms with Gasteiger partial charge in [-0.25, -0.2) is 0 Å². The minimum Gasteiger partial charge on any atom is -0.467 e. The lowest BCUT2D eigenvalue weighted by Crippen LogP contribution is -2.31. The molecule has 1 aliphatic carbocycles. The van der Waals surface area contributed by atoms with E-state index in [1.165, 1.54) is 5.57 Å². The quantitative estimate of drug-likeness (QED) is 0.714. The summed E-state index contributed by atoms with van der Waals surface area (Å²) in [5.41, 5.74) is 2.27. The number of allylic oxidation sites excluding steroid dienone is 1. The first-order chi connectivity index (χ1) is 11.8. The lowest BCUT2D eigenvalue weighted by atomic mass is 9.89. The number of rotatable bonds is 7. The fraction of sp³-hybridized carbons (Fsp3) is 0.556. The Labute approximate surface area is 142 Å². The number of methoxy groups -OCH3 is 2. The van der Waals surface area contributed by atoms with Crippen LogP contribution in [0.2, 0.25) is 0 Å². The fourth-order valence-corrected chi connectivity index (χ4v) is 3.04. The molecule has 0 bridgehead atoms. The molecular weight excluding hydrogens is 312 g/mol. The summed E-state index contributed by atoms with van der Waals surface area (Å²) in [5, 5.41) is 0. The second kappa shape index (κ2) is 7.98. The van der Waals surface area contributed by atoms with Crippen LogP contribution in [0.5, 0.6) is 11.5 Å². The summed E-state index contributed by atoms with van der Waals surface area (Å²) in [4.78, 5) is 0. The van der Waals surface area contributed by atoms with Crippen LogP contribution in [0.25, 0.3) is 5.57 Å². The Morgan fingerprint density at radius 2 is 1.79 bits per heavy atom. The molecule has 24 heavy (non-hydrogen) atoms. The highest BCUT2D eigenvalue weighted by Crippen LogP contribution is 2.41. The van der Waals surface area contributed by atoms with Crippen LogP contribution in [0.1, 0.15) is 24.8 Å². The van der Waals surface area contributed by atoms with Gasteiger partial charge in [-0.15, -0.1) is 0 Å². The first-order valence-corrected chi connectivity index (χ1v) is 8.11. The van der Waals surface area contributed by atoms with Crippen molar-refractivity contribution in [2.24, 2.45) is 0 Å². The molecule has 1 heterocycles. The zero-order valence-electron chi connectivity index (χ0n) is 14.2. The highest BCUT2D eigenvalue weighted by atomic mass is 16.7. The van der Waals surface area contributed by atoms with E-state index >= 15 is 0 Å². The lowest BCUT2D eigenvalue weighted by molar-refractivity contribution is -0.159. The fourth-order valence-electron chi connectivity index (χ4n) is 3.04. The molecule has 0 amide bonds. The van der Waals surface area contributed by atoms with Crippen LogP contribution in [0.4, 0.5) is 0 Å². The average Bonchev–Trinajstić information content (AvgIpc) is 3.07. The second-order valence-corrected chi connectivity index (χ2v) is 5.80. The molecule has 0 saturated carbocycles. The largest absolute Gasteiger partial charge is 0.467 e. The maximum atomic E-state index is 5.77. The summed E-state index contributed by atoms with van der Waals surface area (Å²) in [6, 6.07) is 5.79. The van der Waals surface area contributed by atoms with Gasteiger partial charge in [0.25, 0.3) is 0 Å². The molecule has 1 spiro atoms. The molecule has 6 heteroatoms. The highest BCUT2D eigenvalue weighted by molar-refractivity contribution is 5.72. The van der Waals surface area contributed by atoms with Gasteiger partial charge in [-0.2, -0.15) is 0 Å². The Kier molecular flexibility index (Phi) is 5.73. The molecule has 1 fully saturated rings. The van der Waals surface area contributed by atoms with Crippen molar-refractivity contribution >= 4 is 5.57 Å². The summed E-state index contributed by atoms with van der Waals surface area (Å²) in [6.45, 7) is 1.74. The van der Waals surface area contributed by atoms with Crippen molar-refractivity contribution in [3.05, 3.63) is 29.8 Å². The van der Waals surface area contributed by atoms with E-state index in [1.54, 1.807) is 14.2 Å². The Hall–Kier alpha value is -1.60. The van der Waals surface area contributed by atoms with Gasteiger partial charge in [0.2, 0.25) is 0 Å². The Bertz CT molecular complexity index is 577. The third kappa shape index (κ3) is 3.89. The molecule has 2 aliphatic rings. The third-order valence-electron chi connectivity index (χ3n) is 4.22. The van der Waals surface area contributed by atoms with E-state index in [9.17, 15) is 0 Å². The molecule has 6 nitrogen and oxygen atoms in total. The Morgan fingerprint density at radius 3 is 2.46 bits per heavy atom. The first kappa shape index (κ1) is 17.2. The summed E-state index contributed by atoms with van der Waals surface area (Å²) in [5.74, 6) is 1.02. The van der Waals surface area contributed by atoms with Crippen LogP contribution in [0.3, 0.4) is 0 Å². The zero-order chi connectivity index (χ0) is 16.8. The van der Waals surface area contributed by atoms with Crippen LogP contribution in [-0.2, 0) is 18.9 Å². The number of benzene rings is 1. The van der Waals surface area contributed by atoms with Gasteiger partial charge < -0.3 is 28.4 Å². The van der Waals surface area contributed by atoms with Crippen LogP contribution < -0.4 is 9.47 Å². The molecule has 1 aliphatic heterocycles. The van der Waals surface area contributed by atoms with Crippen molar-refractivity contribution in [2.75, 3.05) is 41.0 Å². The van der Waals surface area contributed by atoms with Gasteiger partial charge in [0.05, 0.1) is 13.2 Å². The highest BCUT2D eigenvalue weighted by Gasteiger charge is 2.38. The topological polar surface area (TPSA) is 55.4 Å². The SMILES string of the molecule is COCOc1ccc(C2=CCC3(CC2)OCCO3)c(OCOC)c1. The maximum Gasteiger partial charge on any atom is 0.188 e. The lowest BCUT2D eigenvalue weighted by Gasteiger charge is -2.31. The van der Waals surface area contributed by atoms with Gasteiger partial charge in [-0.3, -0.25) is 0 Å². The van der Waals surface area contributed by atoms with Gasteiger partial charge in [-0.1, -0.05) is 6.08 Å². The zero-order valence-corrected chi connectivity index (χ0v) is 14.2. The molecule has 0 radical (unpaired) electrons. The molecule has 1 aromatic rings. The van der Waals surface area contributed by atoms with Crippen LogP contribution in [-0.4, -0.2) is 46.8 Å². The summed E-state index contributed by atoms with van der Waals surface area (Å²) in [7, 11) is 3.19. The minimum absolute atomic E-state index is 0.185. The molecule has 0 unspecified atom stereocenters. The van der Waals surface area contributed by atoms with Gasteiger partial charge in [0.15, 0.2) is 19.4 Å². The van der Waals surface area contributed by atoms with Crippen molar-refractivity contribution in [1.82, 2.24) is 0 Å². The summed E-state index contributed by atoms with van der Waals surface area (Å²) >= 11 is 0. The molecule has 0 N–H and O–H groups in total. The van der Waals surface area contributed by atoms with Gasteiger partial charge in [0, 0.05) is 38.7 Å². The average molecular weight is 336 g/mol. The number of hydrogen-bond donors (Lipinski definition) is 0. The molecule has 0 aromatic heterocycles. The van der Waals surface area contributed by atoms with E-state index in [-0.39, 0.29) is 13.6 Å². The van der Waals surface area contributed by atoms with Crippen LogP contribution in [0, 0.1) is 0 Å². The van der Waals surface area contributed by atoms with E-state index < -0.39 is 5.79 Å².